The van der Waals surface area contributed by atoms with Gasteiger partial charge in [-0.05, 0) is 33.1 Å². The van der Waals surface area contributed by atoms with Gasteiger partial charge in [0.05, 0.1) is 6.61 Å². The molecular weight excluding hydrogens is 288 g/mol. The molecule has 3 aliphatic rings. The molecule has 0 aromatic rings. The number of hydrogen-bond acceptors (Lipinski definition) is 6. The van der Waals surface area contributed by atoms with E-state index in [1.807, 2.05) is 48.5 Å². The van der Waals surface area contributed by atoms with E-state index >= 15 is 0 Å². The minimum atomic E-state index is -1.24. The Morgan fingerprint density at radius 1 is 1.00 bits per heavy atom. The average molecular weight is 316 g/mol. The highest BCUT2D eigenvalue weighted by Gasteiger charge is 2.69. The lowest BCUT2D eigenvalue weighted by molar-refractivity contribution is -0.331. The van der Waals surface area contributed by atoms with Crippen LogP contribution in [-0.2, 0) is 23.7 Å². The van der Waals surface area contributed by atoms with Gasteiger partial charge in [0.1, 0.15) is 24.4 Å². The third kappa shape index (κ3) is 2.50. The Kier molecular flexibility index (Phi) is 3.51. The van der Waals surface area contributed by atoms with E-state index in [0.29, 0.717) is 6.61 Å². The first-order chi connectivity index (χ1) is 9.86. The maximum atomic E-state index is 10.9. The van der Waals surface area contributed by atoms with E-state index < -0.39 is 35.0 Å². The van der Waals surface area contributed by atoms with Crippen LogP contribution in [0.5, 0.6) is 0 Å². The molecular formula is C16H28O6. The van der Waals surface area contributed by atoms with Crippen LogP contribution < -0.4 is 0 Å². The minimum Gasteiger partial charge on any atom is -0.387 e. The number of aliphatic hydroxyl groups is 1. The van der Waals surface area contributed by atoms with Crippen molar-refractivity contribution in [2.24, 2.45) is 5.41 Å². The molecule has 3 rings (SSSR count). The van der Waals surface area contributed by atoms with Gasteiger partial charge < -0.3 is 28.8 Å². The van der Waals surface area contributed by atoms with Crippen LogP contribution in [0.3, 0.4) is 0 Å². The Bertz CT molecular complexity index is 454. The molecule has 0 aromatic carbocycles. The van der Waals surface area contributed by atoms with Crippen LogP contribution in [0, 0.1) is 5.41 Å². The standard InChI is InChI=1S/C16H28O6/c1-13(2,3)12(17)16-11(21-15(6,7)22-16)10-9(8-18-16)19-14(4,5)20-10/h9-12,17H,8H2,1-7H3/t9-,10-,11+,12+,16-/m1/s1. The van der Waals surface area contributed by atoms with Crippen LogP contribution in [-0.4, -0.2) is 53.5 Å². The fourth-order valence-electron chi connectivity index (χ4n) is 3.62. The summed E-state index contributed by atoms with van der Waals surface area (Å²) in [5.74, 6) is -2.80. The predicted molar refractivity (Wildman–Crippen MR) is 78.0 cm³/mol. The zero-order valence-electron chi connectivity index (χ0n) is 14.5. The maximum Gasteiger partial charge on any atom is 0.227 e. The largest absolute Gasteiger partial charge is 0.387 e. The van der Waals surface area contributed by atoms with Gasteiger partial charge >= 0.3 is 0 Å². The summed E-state index contributed by atoms with van der Waals surface area (Å²) >= 11 is 0. The third-order valence-corrected chi connectivity index (χ3v) is 4.41. The van der Waals surface area contributed by atoms with Crippen molar-refractivity contribution in [2.75, 3.05) is 6.61 Å². The van der Waals surface area contributed by atoms with Crippen molar-refractivity contribution in [3.8, 4) is 0 Å². The smallest absolute Gasteiger partial charge is 0.227 e. The normalized spacial score (nSPS) is 44.5. The van der Waals surface area contributed by atoms with Crippen LogP contribution in [0.25, 0.3) is 0 Å². The minimum absolute atomic E-state index is 0.224. The molecule has 0 aliphatic carbocycles. The van der Waals surface area contributed by atoms with Gasteiger partial charge in [0.15, 0.2) is 11.6 Å². The first-order valence-electron chi connectivity index (χ1n) is 7.92. The van der Waals surface area contributed by atoms with Crippen molar-refractivity contribution < 1.29 is 28.8 Å². The van der Waals surface area contributed by atoms with Crippen molar-refractivity contribution in [2.45, 2.75) is 90.2 Å². The fraction of sp³-hybridized carbons (Fsp3) is 1.00. The number of aliphatic hydroxyl groups excluding tert-OH is 1. The van der Waals surface area contributed by atoms with Crippen molar-refractivity contribution in [1.82, 2.24) is 0 Å². The Hall–Kier alpha value is -0.240. The number of fused-ring (bicyclic) bond motifs is 3. The van der Waals surface area contributed by atoms with E-state index in [-0.39, 0.29) is 12.2 Å². The number of hydrogen-bond donors (Lipinski definition) is 1. The zero-order chi connectivity index (χ0) is 16.6. The molecule has 0 saturated carbocycles. The molecule has 6 heteroatoms. The van der Waals surface area contributed by atoms with Crippen molar-refractivity contribution in [3.63, 3.8) is 0 Å². The van der Waals surface area contributed by atoms with E-state index in [1.165, 1.54) is 0 Å². The van der Waals surface area contributed by atoms with Gasteiger partial charge in [0, 0.05) is 0 Å². The van der Waals surface area contributed by atoms with Crippen LogP contribution in [0.2, 0.25) is 0 Å². The second-order valence-electron chi connectivity index (χ2n) is 8.48. The Balaban J connectivity index is 1.98. The molecule has 3 aliphatic heterocycles. The summed E-state index contributed by atoms with van der Waals surface area (Å²) < 4.78 is 30.1. The van der Waals surface area contributed by atoms with Gasteiger partial charge in [-0.2, -0.15) is 0 Å². The molecule has 0 spiro atoms. The summed E-state index contributed by atoms with van der Waals surface area (Å²) in [4.78, 5) is 0. The van der Waals surface area contributed by atoms with E-state index in [2.05, 4.69) is 0 Å². The first-order valence-corrected chi connectivity index (χ1v) is 7.92. The molecule has 0 amide bonds. The topological polar surface area (TPSA) is 66.4 Å². The van der Waals surface area contributed by atoms with Crippen molar-refractivity contribution >= 4 is 0 Å². The van der Waals surface area contributed by atoms with Gasteiger partial charge in [0.2, 0.25) is 5.79 Å². The van der Waals surface area contributed by atoms with Gasteiger partial charge in [-0.1, -0.05) is 20.8 Å². The summed E-state index contributed by atoms with van der Waals surface area (Å²) in [5.41, 5.74) is -0.427. The first kappa shape index (κ1) is 16.6. The highest BCUT2D eigenvalue weighted by molar-refractivity contribution is 5.08. The Morgan fingerprint density at radius 3 is 2.23 bits per heavy atom. The molecule has 0 unspecified atom stereocenters. The monoisotopic (exact) mass is 316 g/mol. The average Bonchev–Trinajstić information content (AvgIpc) is 2.79. The molecule has 0 radical (unpaired) electrons. The lowest BCUT2D eigenvalue weighted by Crippen LogP contribution is -2.66. The molecule has 3 fully saturated rings. The summed E-state index contributed by atoms with van der Waals surface area (Å²) in [6.07, 6.45) is -1.96. The third-order valence-electron chi connectivity index (χ3n) is 4.41. The van der Waals surface area contributed by atoms with Crippen LogP contribution in [0.15, 0.2) is 0 Å². The fourth-order valence-corrected chi connectivity index (χ4v) is 3.62. The second-order valence-corrected chi connectivity index (χ2v) is 8.48. The molecule has 1 N–H and O–H groups in total. The molecule has 5 atom stereocenters. The highest BCUT2D eigenvalue weighted by Crippen LogP contribution is 2.51. The number of rotatable bonds is 1. The molecule has 0 bridgehead atoms. The molecule has 0 aromatic heterocycles. The summed E-state index contributed by atoms with van der Waals surface area (Å²) in [5, 5.41) is 10.9. The van der Waals surface area contributed by atoms with E-state index in [9.17, 15) is 5.11 Å². The molecule has 3 heterocycles. The quantitative estimate of drug-likeness (QED) is 0.795. The lowest BCUT2D eigenvalue weighted by Gasteiger charge is -2.47. The van der Waals surface area contributed by atoms with Gasteiger partial charge in [-0.3, -0.25) is 0 Å². The van der Waals surface area contributed by atoms with E-state index in [0.717, 1.165) is 0 Å². The molecule has 128 valence electrons. The lowest BCUT2D eigenvalue weighted by atomic mass is 9.79. The second kappa shape index (κ2) is 4.65. The summed E-state index contributed by atoms with van der Waals surface area (Å²) in [7, 11) is 0. The molecule has 6 nitrogen and oxygen atoms in total. The van der Waals surface area contributed by atoms with E-state index in [4.69, 9.17) is 23.7 Å². The summed E-state index contributed by atoms with van der Waals surface area (Å²) in [6, 6.07) is 0. The SMILES string of the molecule is CC1(C)O[C@@H]2[C@@H](CO[C@@]3([C@@H](O)C(C)(C)C)OC(C)(C)O[C@@H]23)O1. The maximum absolute atomic E-state index is 10.9. The van der Waals surface area contributed by atoms with Crippen molar-refractivity contribution in [1.29, 1.82) is 0 Å². The van der Waals surface area contributed by atoms with Gasteiger partial charge in [-0.15, -0.1) is 0 Å². The Morgan fingerprint density at radius 2 is 1.64 bits per heavy atom. The van der Waals surface area contributed by atoms with Gasteiger partial charge in [0.25, 0.3) is 0 Å². The van der Waals surface area contributed by atoms with Crippen LogP contribution in [0.4, 0.5) is 0 Å². The molecule has 22 heavy (non-hydrogen) atoms. The van der Waals surface area contributed by atoms with Crippen molar-refractivity contribution in [3.05, 3.63) is 0 Å². The molecule has 3 saturated heterocycles. The van der Waals surface area contributed by atoms with E-state index in [1.54, 1.807) is 0 Å². The summed E-state index contributed by atoms with van der Waals surface area (Å²) in [6.45, 7) is 13.5. The zero-order valence-corrected chi connectivity index (χ0v) is 14.5. The van der Waals surface area contributed by atoms with Crippen LogP contribution in [0.1, 0.15) is 48.5 Å². The van der Waals surface area contributed by atoms with Crippen LogP contribution >= 0.6 is 0 Å². The Labute approximate surface area is 132 Å². The van der Waals surface area contributed by atoms with Gasteiger partial charge in [-0.25, -0.2) is 0 Å². The highest BCUT2D eigenvalue weighted by atomic mass is 16.9. The number of ether oxygens (including phenoxy) is 5. The predicted octanol–water partition coefficient (Wildman–Crippen LogP) is 1.79.